The fraction of sp³-hybridized carbons (Fsp3) is 0. The van der Waals surface area contributed by atoms with Crippen molar-refractivity contribution in [3.8, 4) is 5.75 Å². The number of aromatic nitrogens is 1. The van der Waals surface area contributed by atoms with E-state index >= 15 is 0 Å². The van der Waals surface area contributed by atoms with Crippen molar-refractivity contribution in [1.29, 1.82) is 0 Å². The molecule has 0 bridgehead atoms. The van der Waals surface area contributed by atoms with E-state index in [0.717, 1.165) is 10.9 Å². The van der Waals surface area contributed by atoms with Gasteiger partial charge in [-0.15, -0.1) is 0 Å². The van der Waals surface area contributed by atoms with Gasteiger partial charge in [0.15, 0.2) is 0 Å². The van der Waals surface area contributed by atoms with Crippen molar-refractivity contribution in [2.45, 2.75) is 0 Å². The van der Waals surface area contributed by atoms with Crippen molar-refractivity contribution < 1.29 is 19.8 Å². The van der Waals surface area contributed by atoms with Gasteiger partial charge >= 0.3 is 5.97 Å². The van der Waals surface area contributed by atoms with Crippen molar-refractivity contribution in [3.63, 3.8) is 0 Å². The number of carboxylic acids is 1. The number of anilines is 1. The van der Waals surface area contributed by atoms with Crippen LogP contribution in [0, 0.1) is 0 Å². The maximum Gasteiger partial charge on any atom is 0.339 e. The molecule has 0 radical (unpaired) electrons. The molecule has 1 amide bonds. The SMILES string of the molecule is O=C(Nc1ccc(O)c(C(=O)O)c1)c1cc2ccccc2[nH]1. The van der Waals surface area contributed by atoms with E-state index in [9.17, 15) is 14.7 Å². The van der Waals surface area contributed by atoms with Gasteiger partial charge in [0.2, 0.25) is 0 Å². The zero-order valence-electron chi connectivity index (χ0n) is 11.3. The van der Waals surface area contributed by atoms with Gasteiger partial charge in [-0.05, 0) is 30.3 Å². The van der Waals surface area contributed by atoms with Gasteiger partial charge in [0, 0.05) is 16.6 Å². The van der Waals surface area contributed by atoms with Crippen LogP contribution in [-0.4, -0.2) is 27.1 Å². The van der Waals surface area contributed by atoms with Crippen LogP contribution in [0.25, 0.3) is 10.9 Å². The molecule has 0 saturated carbocycles. The number of H-pyrrole nitrogens is 1. The Balaban J connectivity index is 1.87. The molecule has 22 heavy (non-hydrogen) atoms. The molecule has 0 aliphatic carbocycles. The highest BCUT2D eigenvalue weighted by atomic mass is 16.4. The molecule has 0 aliphatic rings. The molecule has 0 fully saturated rings. The van der Waals surface area contributed by atoms with Crippen molar-refractivity contribution >= 4 is 28.5 Å². The third-order valence-electron chi connectivity index (χ3n) is 3.26. The van der Waals surface area contributed by atoms with E-state index in [4.69, 9.17) is 5.11 Å². The number of aromatic amines is 1. The minimum absolute atomic E-state index is 0.269. The first-order valence-corrected chi connectivity index (χ1v) is 6.50. The highest BCUT2D eigenvalue weighted by molar-refractivity contribution is 6.06. The number of hydrogen-bond acceptors (Lipinski definition) is 3. The molecule has 0 unspecified atom stereocenters. The summed E-state index contributed by atoms with van der Waals surface area (Å²) in [5.74, 6) is -2.01. The Morgan fingerprint density at radius 3 is 2.55 bits per heavy atom. The highest BCUT2D eigenvalue weighted by Gasteiger charge is 2.13. The van der Waals surface area contributed by atoms with Gasteiger partial charge in [-0.25, -0.2) is 4.79 Å². The van der Waals surface area contributed by atoms with E-state index in [1.165, 1.54) is 18.2 Å². The second kappa shape index (κ2) is 5.25. The summed E-state index contributed by atoms with van der Waals surface area (Å²) >= 11 is 0. The quantitative estimate of drug-likeness (QED) is 0.558. The molecule has 110 valence electrons. The number of rotatable bonds is 3. The number of aromatic hydroxyl groups is 1. The van der Waals surface area contributed by atoms with Crippen LogP contribution in [-0.2, 0) is 0 Å². The summed E-state index contributed by atoms with van der Waals surface area (Å²) in [6.07, 6.45) is 0. The van der Waals surface area contributed by atoms with Gasteiger partial charge in [0.05, 0.1) is 0 Å². The number of amides is 1. The minimum Gasteiger partial charge on any atom is -0.507 e. The molecule has 6 nitrogen and oxygen atoms in total. The van der Waals surface area contributed by atoms with Gasteiger partial charge < -0.3 is 20.5 Å². The highest BCUT2D eigenvalue weighted by Crippen LogP contribution is 2.22. The standard InChI is InChI=1S/C16H12N2O4/c19-14-6-5-10(8-11(14)16(21)22)17-15(20)13-7-9-3-1-2-4-12(9)18-13/h1-8,18-19H,(H,17,20)(H,21,22). The van der Waals surface area contributed by atoms with Crippen LogP contribution in [0.15, 0.2) is 48.5 Å². The van der Waals surface area contributed by atoms with E-state index in [1.807, 2.05) is 24.3 Å². The molecular formula is C16H12N2O4. The Labute approximate surface area is 125 Å². The largest absolute Gasteiger partial charge is 0.507 e. The zero-order chi connectivity index (χ0) is 15.7. The van der Waals surface area contributed by atoms with Crippen LogP contribution in [0.1, 0.15) is 20.8 Å². The van der Waals surface area contributed by atoms with Crippen molar-refractivity contribution in [1.82, 2.24) is 4.98 Å². The van der Waals surface area contributed by atoms with Crippen molar-refractivity contribution in [3.05, 3.63) is 59.8 Å². The first kappa shape index (κ1) is 13.7. The molecule has 2 aromatic carbocycles. The van der Waals surface area contributed by atoms with Gasteiger partial charge in [0.25, 0.3) is 5.91 Å². The Morgan fingerprint density at radius 1 is 1.05 bits per heavy atom. The number of nitrogens with one attached hydrogen (secondary N) is 2. The number of carboxylic acid groups (broad SMARTS) is 1. The van der Waals surface area contributed by atoms with Crippen LogP contribution in [0.4, 0.5) is 5.69 Å². The predicted octanol–water partition coefficient (Wildman–Crippen LogP) is 2.82. The second-order valence-corrected chi connectivity index (χ2v) is 4.76. The maximum atomic E-state index is 12.2. The number of benzene rings is 2. The molecule has 0 saturated heterocycles. The average molecular weight is 296 g/mol. The lowest BCUT2D eigenvalue weighted by Crippen LogP contribution is -2.12. The molecular weight excluding hydrogens is 284 g/mol. The Kier molecular flexibility index (Phi) is 3.27. The number of phenols is 1. The van der Waals surface area contributed by atoms with Crippen molar-refractivity contribution in [2.24, 2.45) is 0 Å². The van der Waals surface area contributed by atoms with Crippen LogP contribution in [0.5, 0.6) is 5.75 Å². The van der Waals surface area contributed by atoms with E-state index in [-0.39, 0.29) is 11.3 Å². The number of para-hydroxylation sites is 1. The topological polar surface area (TPSA) is 102 Å². The molecule has 4 N–H and O–H groups in total. The van der Waals surface area contributed by atoms with Gasteiger partial charge in [-0.1, -0.05) is 18.2 Å². The number of carbonyl (C=O) groups excluding carboxylic acids is 1. The summed E-state index contributed by atoms with van der Waals surface area (Å²) in [5.41, 5.74) is 1.23. The molecule has 0 atom stereocenters. The fourth-order valence-corrected chi connectivity index (χ4v) is 2.18. The number of fused-ring (bicyclic) bond motifs is 1. The smallest absolute Gasteiger partial charge is 0.339 e. The molecule has 1 heterocycles. The number of aromatic carboxylic acids is 1. The van der Waals surface area contributed by atoms with Crippen LogP contribution >= 0.6 is 0 Å². The predicted molar refractivity (Wildman–Crippen MR) is 81.3 cm³/mol. The molecule has 3 rings (SSSR count). The second-order valence-electron chi connectivity index (χ2n) is 4.76. The summed E-state index contributed by atoms with van der Waals surface area (Å²) in [7, 11) is 0. The summed E-state index contributed by atoms with van der Waals surface area (Å²) in [4.78, 5) is 26.2. The molecule has 3 aromatic rings. The summed E-state index contributed by atoms with van der Waals surface area (Å²) < 4.78 is 0. The summed E-state index contributed by atoms with van der Waals surface area (Å²) in [6, 6.07) is 13.0. The first-order chi connectivity index (χ1) is 10.5. The number of carbonyl (C=O) groups is 2. The third kappa shape index (κ3) is 2.49. The van der Waals surface area contributed by atoms with Gasteiger partial charge in [-0.3, -0.25) is 4.79 Å². The minimum atomic E-state index is -1.26. The summed E-state index contributed by atoms with van der Waals surface area (Å²) in [6.45, 7) is 0. The van der Waals surface area contributed by atoms with E-state index in [1.54, 1.807) is 6.07 Å². The maximum absolute atomic E-state index is 12.2. The first-order valence-electron chi connectivity index (χ1n) is 6.50. The molecule has 0 spiro atoms. The van der Waals surface area contributed by atoms with E-state index < -0.39 is 11.9 Å². The van der Waals surface area contributed by atoms with Crippen LogP contribution < -0.4 is 5.32 Å². The monoisotopic (exact) mass is 296 g/mol. The Hall–Kier alpha value is -3.28. The molecule has 6 heteroatoms. The molecule has 0 aliphatic heterocycles. The van der Waals surface area contributed by atoms with Crippen molar-refractivity contribution in [2.75, 3.05) is 5.32 Å². The Bertz CT molecular complexity index is 850. The van der Waals surface area contributed by atoms with Gasteiger partial charge in [-0.2, -0.15) is 0 Å². The Morgan fingerprint density at radius 2 is 1.82 bits per heavy atom. The van der Waals surface area contributed by atoms with E-state index in [2.05, 4.69) is 10.3 Å². The lowest BCUT2D eigenvalue weighted by molar-refractivity contribution is 0.0693. The average Bonchev–Trinajstić information content (AvgIpc) is 2.93. The zero-order valence-corrected chi connectivity index (χ0v) is 11.3. The third-order valence-corrected chi connectivity index (χ3v) is 3.26. The molecule has 1 aromatic heterocycles. The van der Waals surface area contributed by atoms with Crippen LogP contribution in [0.2, 0.25) is 0 Å². The van der Waals surface area contributed by atoms with Gasteiger partial charge in [0.1, 0.15) is 17.0 Å². The lowest BCUT2D eigenvalue weighted by atomic mass is 10.1. The number of hydrogen-bond donors (Lipinski definition) is 4. The summed E-state index contributed by atoms with van der Waals surface area (Å²) in [5, 5.41) is 21.9. The lowest BCUT2D eigenvalue weighted by Gasteiger charge is -2.06. The fourth-order valence-electron chi connectivity index (χ4n) is 2.18. The normalized spacial score (nSPS) is 10.5. The van der Waals surface area contributed by atoms with Crippen LogP contribution in [0.3, 0.4) is 0 Å². The van der Waals surface area contributed by atoms with E-state index in [0.29, 0.717) is 11.4 Å².